The van der Waals surface area contributed by atoms with Gasteiger partial charge in [0.05, 0.1) is 4.90 Å². The maximum Gasteiger partial charge on any atom is 0.251 e. The number of carbonyl (C=O) groups is 2. The van der Waals surface area contributed by atoms with Crippen LogP contribution in [0.25, 0.3) is 0 Å². The quantitative estimate of drug-likeness (QED) is 0.767. The van der Waals surface area contributed by atoms with Crippen LogP contribution in [0.15, 0.2) is 46.7 Å². The molecule has 1 aromatic carbocycles. The number of piperazine rings is 1. The van der Waals surface area contributed by atoms with Crippen LogP contribution in [0.3, 0.4) is 0 Å². The number of sulfonamides is 1. The minimum Gasteiger partial charge on any atom is -0.352 e. The van der Waals surface area contributed by atoms with Gasteiger partial charge in [-0.2, -0.15) is 4.31 Å². The summed E-state index contributed by atoms with van der Waals surface area (Å²) in [6.07, 6.45) is 0.766. The molecule has 1 fully saturated rings. The SMILES string of the molecule is CC(=O)N1CCN(S(=O)(=O)c2ccc(C(=O)NCCc3cccs3)cc2)CC1. The van der Waals surface area contributed by atoms with Gasteiger partial charge in [0, 0.05) is 50.1 Å². The van der Waals surface area contributed by atoms with E-state index in [4.69, 9.17) is 0 Å². The van der Waals surface area contributed by atoms with E-state index in [9.17, 15) is 18.0 Å². The Labute approximate surface area is 169 Å². The minimum absolute atomic E-state index is 0.0495. The molecule has 1 aromatic heterocycles. The third-order valence-electron chi connectivity index (χ3n) is 4.68. The molecule has 2 amide bonds. The van der Waals surface area contributed by atoms with Crippen molar-refractivity contribution in [2.75, 3.05) is 32.7 Å². The summed E-state index contributed by atoms with van der Waals surface area (Å²) >= 11 is 1.65. The molecule has 150 valence electrons. The van der Waals surface area contributed by atoms with Gasteiger partial charge in [0.25, 0.3) is 5.91 Å². The van der Waals surface area contributed by atoms with Gasteiger partial charge in [-0.1, -0.05) is 6.07 Å². The number of hydrogen-bond acceptors (Lipinski definition) is 5. The fourth-order valence-electron chi connectivity index (χ4n) is 3.03. The van der Waals surface area contributed by atoms with Crippen molar-refractivity contribution in [3.63, 3.8) is 0 Å². The first-order chi connectivity index (χ1) is 13.4. The summed E-state index contributed by atoms with van der Waals surface area (Å²) in [6, 6.07) is 9.97. The van der Waals surface area contributed by atoms with E-state index in [-0.39, 0.29) is 29.8 Å². The zero-order valence-corrected chi connectivity index (χ0v) is 17.3. The van der Waals surface area contributed by atoms with Crippen molar-refractivity contribution >= 4 is 33.2 Å². The average molecular weight is 422 g/mol. The van der Waals surface area contributed by atoms with Crippen molar-refractivity contribution in [2.45, 2.75) is 18.2 Å². The summed E-state index contributed by atoms with van der Waals surface area (Å²) in [7, 11) is -3.64. The van der Waals surface area contributed by atoms with E-state index in [1.54, 1.807) is 16.2 Å². The Morgan fingerprint density at radius 3 is 2.32 bits per heavy atom. The van der Waals surface area contributed by atoms with Gasteiger partial charge in [-0.05, 0) is 42.1 Å². The highest BCUT2D eigenvalue weighted by molar-refractivity contribution is 7.89. The second-order valence-corrected chi connectivity index (χ2v) is 9.49. The van der Waals surface area contributed by atoms with Crippen LogP contribution < -0.4 is 5.32 Å². The number of benzene rings is 1. The lowest BCUT2D eigenvalue weighted by molar-refractivity contribution is -0.129. The molecule has 0 bridgehead atoms. The number of hydrogen-bond donors (Lipinski definition) is 1. The van der Waals surface area contributed by atoms with Crippen molar-refractivity contribution in [1.82, 2.24) is 14.5 Å². The minimum atomic E-state index is -3.64. The van der Waals surface area contributed by atoms with E-state index in [2.05, 4.69) is 5.32 Å². The largest absolute Gasteiger partial charge is 0.352 e. The van der Waals surface area contributed by atoms with E-state index in [1.165, 1.54) is 40.4 Å². The smallest absolute Gasteiger partial charge is 0.251 e. The van der Waals surface area contributed by atoms with Crippen molar-refractivity contribution < 1.29 is 18.0 Å². The zero-order chi connectivity index (χ0) is 20.1. The van der Waals surface area contributed by atoms with Crippen LogP contribution in [-0.2, 0) is 21.2 Å². The number of thiophene rings is 1. The third-order valence-corrected chi connectivity index (χ3v) is 7.52. The monoisotopic (exact) mass is 421 g/mol. The fourth-order valence-corrected chi connectivity index (χ4v) is 5.16. The summed E-state index contributed by atoms with van der Waals surface area (Å²) in [5.74, 6) is -0.276. The molecule has 0 aliphatic carbocycles. The van der Waals surface area contributed by atoms with Gasteiger partial charge < -0.3 is 10.2 Å². The van der Waals surface area contributed by atoms with E-state index in [0.717, 1.165) is 6.42 Å². The second-order valence-electron chi connectivity index (χ2n) is 6.52. The molecule has 0 saturated carbocycles. The molecule has 0 spiro atoms. The van der Waals surface area contributed by atoms with E-state index in [1.807, 2.05) is 17.5 Å². The summed E-state index contributed by atoms with van der Waals surface area (Å²) in [5, 5.41) is 4.84. The molecule has 0 unspecified atom stereocenters. The van der Waals surface area contributed by atoms with Crippen molar-refractivity contribution in [3.8, 4) is 0 Å². The molecule has 9 heteroatoms. The average Bonchev–Trinajstić information content (AvgIpc) is 3.21. The van der Waals surface area contributed by atoms with E-state index in [0.29, 0.717) is 25.2 Å². The number of amides is 2. The molecule has 2 heterocycles. The Balaban J connectivity index is 1.58. The molecule has 1 aliphatic rings. The molecule has 0 atom stereocenters. The van der Waals surface area contributed by atoms with Gasteiger partial charge in [-0.25, -0.2) is 8.42 Å². The maximum absolute atomic E-state index is 12.8. The standard InChI is InChI=1S/C19H23N3O4S2/c1-15(23)21-10-12-22(13-11-21)28(25,26)18-6-4-16(5-7-18)19(24)20-9-8-17-3-2-14-27-17/h2-7,14H,8-13H2,1H3,(H,20,24). The Kier molecular flexibility index (Phi) is 6.48. The van der Waals surface area contributed by atoms with Crippen molar-refractivity contribution in [2.24, 2.45) is 0 Å². The molecule has 2 aromatic rings. The fraction of sp³-hybridized carbons (Fsp3) is 0.368. The van der Waals surface area contributed by atoms with Crippen molar-refractivity contribution in [1.29, 1.82) is 0 Å². The number of rotatable bonds is 6. The Morgan fingerprint density at radius 1 is 1.07 bits per heavy atom. The topological polar surface area (TPSA) is 86.8 Å². The van der Waals surface area contributed by atoms with E-state index < -0.39 is 10.0 Å². The van der Waals surface area contributed by atoms with Gasteiger partial charge in [0.15, 0.2) is 0 Å². The Bertz CT molecular complexity index is 917. The first-order valence-electron chi connectivity index (χ1n) is 9.04. The predicted molar refractivity (Wildman–Crippen MR) is 108 cm³/mol. The lowest BCUT2D eigenvalue weighted by Gasteiger charge is -2.33. The van der Waals surface area contributed by atoms with Gasteiger partial charge >= 0.3 is 0 Å². The van der Waals surface area contributed by atoms with E-state index >= 15 is 0 Å². The summed E-state index contributed by atoms with van der Waals surface area (Å²) in [6.45, 7) is 3.33. The zero-order valence-electron chi connectivity index (χ0n) is 15.6. The first-order valence-corrected chi connectivity index (χ1v) is 11.4. The highest BCUT2D eigenvalue weighted by atomic mass is 32.2. The molecular weight excluding hydrogens is 398 g/mol. The third kappa shape index (κ3) is 4.78. The summed E-state index contributed by atoms with van der Waals surface area (Å²) in [4.78, 5) is 26.6. The van der Waals surface area contributed by atoms with Crippen LogP contribution >= 0.6 is 11.3 Å². The van der Waals surface area contributed by atoms with Gasteiger partial charge in [-0.15, -0.1) is 11.3 Å². The highest BCUT2D eigenvalue weighted by Gasteiger charge is 2.29. The normalized spacial score (nSPS) is 15.4. The second kappa shape index (κ2) is 8.85. The van der Waals surface area contributed by atoms with Gasteiger partial charge in [0.1, 0.15) is 0 Å². The van der Waals surface area contributed by atoms with Crippen LogP contribution in [0.4, 0.5) is 0 Å². The van der Waals surface area contributed by atoms with Crippen LogP contribution in [0.1, 0.15) is 22.2 Å². The molecule has 1 saturated heterocycles. The van der Waals surface area contributed by atoms with Crippen molar-refractivity contribution in [3.05, 3.63) is 52.2 Å². The molecule has 3 rings (SSSR count). The molecule has 0 radical (unpaired) electrons. The molecular formula is C19H23N3O4S2. The molecule has 1 aliphatic heterocycles. The van der Waals surface area contributed by atoms with Crippen LogP contribution in [0.2, 0.25) is 0 Å². The lowest BCUT2D eigenvalue weighted by atomic mass is 10.2. The molecule has 1 N–H and O–H groups in total. The Morgan fingerprint density at radius 2 is 1.75 bits per heavy atom. The van der Waals surface area contributed by atoms with Gasteiger partial charge in [0.2, 0.25) is 15.9 Å². The number of nitrogens with one attached hydrogen (secondary N) is 1. The Hall–Kier alpha value is -2.23. The number of nitrogens with zero attached hydrogens (tertiary/aromatic N) is 2. The van der Waals surface area contributed by atoms with Gasteiger partial charge in [-0.3, -0.25) is 9.59 Å². The maximum atomic E-state index is 12.8. The summed E-state index contributed by atoms with van der Waals surface area (Å²) in [5.41, 5.74) is 0.423. The highest BCUT2D eigenvalue weighted by Crippen LogP contribution is 2.18. The molecule has 7 nitrogen and oxygen atoms in total. The predicted octanol–water partition coefficient (Wildman–Crippen LogP) is 1.57. The molecule has 28 heavy (non-hydrogen) atoms. The number of carbonyl (C=O) groups excluding carboxylic acids is 2. The first kappa shape index (κ1) is 20.5. The van der Waals surface area contributed by atoms with Crippen LogP contribution in [0, 0.1) is 0 Å². The van der Waals surface area contributed by atoms with Crippen LogP contribution in [-0.4, -0.2) is 62.2 Å². The summed E-state index contributed by atoms with van der Waals surface area (Å²) < 4.78 is 26.9. The lowest BCUT2D eigenvalue weighted by Crippen LogP contribution is -2.49. The van der Waals surface area contributed by atoms with Crippen LogP contribution in [0.5, 0.6) is 0 Å².